The molecule has 3 rings (SSSR count). The van der Waals surface area contributed by atoms with Gasteiger partial charge in [0, 0.05) is 11.1 Å². The van der Waals surface area contributed by atoms with Crippen molar-refractivity contribution in [3.8, 4) is 22.5 Å². The van der Waals surface area contributed by atoms with Gasteiger partial charge in [-0.05, 0) is 12.1 Å². The van der Waals surface area contributed by atoms with Gasteiger partial charge >= 0.3 is 6.18 Å². The number of hydrogen-bond acceptors (Lipinski definition) is 3. The molecule has 1 aromatic heterocycles. The quantitative estimate of drug-likeness (QED) is 0.771. The Kier molecular flexibility index (Phi) is 4.71. The minimum absolute atomic E-state index is 0.154. The first-order chi connectivity index (χ1) is 12.3. The number of nitrogens with two attached hydrogens (primary N) is 1. The molecule has 1 heterocycles. The van der Waals surface area contributed by atoms with Crippen LogP contribution in [0.25, 0.3) is 22.5 Å². The third kappa shape index (κ3) is 3.88. The van der Waals surface area contributed by atoms with Gasteiger partial charge in [0.2, 0.25) is 5.91 Å². The molecule has 0 spiro atoms. The second-order valence-corrected chi connectivity index (χ2v) is 5.63. The summed E-state index contributed by atoms with van der Waals surface area (Å²) >= 11 is 0. The molecule has 1 amide bonds. The smallest absolute Gasteiger partial charge is 0.369 e. The van der Waals surface area contributed by atoms with E-state index in [1.54, 1.807) is 0 Å². The molecule has 0 aliphatic heterocycles. The Morgan fingerprint density at radius 3 is 2.19 bits per heavy atom. The first-order valence-electron chi connectivity index (χ1n) is 7.72. The number of halogens is 3. The lowest BCUT2D eigenvalue weighted by molar-refractivity contribution is -0.137. The average molecular weight is 357 g/mol. The highest BCUT2D eigenvalue weighted by atomic mass is 19.4. The highest BCUT2D eigenvalue weighted by Gasteiger charge is 2.30. The molecular formula is C19H14F3N3O. The summed E-state index contributed by atoms with van der Waals surface area (Å²) in [5.41, 5.74) is 6.92. The molecule has 0 saturated heterocycles. The predicted octanol–water partition coefficient (Wildman–Crippen LogP) is 3.86. The van der Waals surface area contributed by atoms with Crippen LogP contribution in [0.1, 0.15) is 11.3 Å². The van der Waals surface area contributed by atoms with Crippen molar-refractivity contribution in [2.45, 2.75) is 12.6 Å². The van der Waals surface area contributed by atoms with E-state index in [0.29, 0.717) is 22.6 Å². The number of nitrogens with zero attached hydrogens (tertiary/aromatic N) is 2. The van der Waals surface area contributed by atoms with Crippen molar-refractivity contribution in [2.75, 3.05) is 0 Å². The van der Waals surface area contributed by atoms with Gasteiger partial charge in [0.25, 0.3) is 0 Å². The Balaban J connectivity index is 2.09. The molecule has 0 unspecified atom stereocenters. The van der Waals surface area contributed by atoms with Gasteiger partial charge in [0.05, 0.1) is 35.3 Å². The number of amides is 1. The summed E-state index contributed by atoms with van der Waals surface area (Å²) in [6.07, 6.45) is -3.06. The first kappa shape index (κ1) is 17.6. The fourth-order valence-electron chi connectivity index (χ4n) is 2.50. The minimum atomic E-state index is -4.42. The molecule has 0 atom stereocenters. The number of primary amides is 1. The number of carbonyl (C=O) groups excluding carboxylic acids is 1. The molecule has 0 aliphatic carbocycles. The van der Waals surface area contributed by atoms with E-state index in [0.717, 1.165) is 17.7 Å². The third-order valence-corrected chi connectivity index (χ3v) is 3.75. The zero-order valence-corrected chi connectivity index (χ0v) is 13.5. The van der Waals surface area contributed by atoms with E-state index in [4.69, 9.17) is 5.73 Å². The SMILES string of the molecule is NC(=O)Cc1ncc(-c2ccccc2)nc1-c1ccc(C(F)(F)F)cc1. The van der Waals surface area contributed by atoms with Crippen LogP contribution < -0.4 is 5.73 Å². The first-order valence-corrected chi connectivity index (χ1v) is 7.72. The van der Waals surface area contributed by atoms with Gasteiger partial charge < -0.3 is 5.73 Å². The fraction of sp³-hybridized carbons (Fsp3) is 0.105. The second kappa shape index (κ2) is 6.95. The third-order valence-electron chi connectivity index (χ3n) is 3.75. The van der Waals surface area contributed by atoms with Crippen molar-refractivity contribution >= 4 is 5.91 Å². The molecule has 132 valence electrons. The van der Waals surface area contributed by atoms with Crippen LogP contribution in [0.2, 0.25) is 0 Å². The normalized spacial score (nSPS) is 11.3. The van der Waals surface area contributed by atoms with Crippen LogP contribution >= 0.6 is 0 Å². The van der Waals surface area contributed by atoms with E-state index in [1.165, 1.54) is 18.3 Å². The van der Waals surface area contributed by atoms with E-state index in [-0.39, 0.29) is 6.42 Å². The Labute approximate surface area is 147 Å². The van der Waals surface area contributed by atoms with Crippen LogP contribution in [0.15, 0.2) is 60.8 Å². The van der Waals surface area contributed by atoms with Gasteiger partial charge in [0.1, 0.15) is 0 Å². The molecule has 0 fully saturated rings. The van der Waals surface area contributed by atoms with E-state index in [9.17, 15) is 18.0 Å². The van der Waals surface area contributed by atoms with E-state index >= 15 is 0 Å². The van der Waals surface area contributed by atoms with E-state index in [2.05, 4.69) is 9.97 Å². The van der Waals surface area contributed by atoms with Crippen molar-refractivity contribution in [1.29, 1.82) is 0 Å². The van der Waals surface area contributed by atoms with Gasteiger partial charge in [0.15, 0.2) is 0 Å². The zero-order chi connectivity index (χ0) is 18.7. The summed E-state index contributed by atoms with van der Waals surface area (Å²) in [5.74, 6) is -0.597. The summed E-state index contributed by atoms with van der Waals surface area (Å²) in [5, 5.41) is 0. The van der Waals surface area contributed by atoms with Crippen LogP contribution in [0, 0.1) is 0 Å². The predicted molar refractivity (Wildman–Crippen MR) is 90.8 cm³/mol. The van der Waals surface area contributed by atoms with Crippen LogP contribution in [-0.4, -0.2) is 15.9 Å². The van der Waals surface area contributed by atoms with Crippen LogP contribution in [0.5, 0.6) is 0 Å². The summed E-state index contributed by atoms with van der Waals surface area (Å²) in [4.78, 5) is 20.1. The van der Waals surface area contributed by atoms with Gasteiger partial charge in [-0.15, -0.1) is 0 Å². The Morgan fingerprint density at radius 1 is 0.962 bits per heavy atom. The highest BCUT2D eigenvalue weighted by Crippen LogP contribution is 2.31. The topological polar surface area (TPSA) is 68.9 Å². The Morgan fingerprint density at radius 2 is 1.62 bits per heavy atom. The molecule has 0 bridgehead atoms. The standard InChI is InChI=1S/C19H14F3N3O/c20-19(21,22)14-8-6-13(7-9-14)18-15(10-17(23)26)24-11-16(25-18)12-4-2-1-3-5-12/h1-9,11H,10H2,(H2,23,26). The summed E-state index contributed by atoms with van der Waals surface area (Å²) in [6.45, 7) is 0. The zero-order valence-electron chi connectivity index (χ0n) is 13.5. The van der Waals surface area contributed by atoms with Crippen molar-refractivity contribution < 1.29 is 18.0 Å². The molecule has 0 radical (unpaired) electrons. The number of rotatable bonds is 4. The van der Waals surface area contributed by atoms with E-state index in [1.807, 2.05) is 30.3 Å². The number of hydrogen-bond donors (Lipinski definition) is 1. The maximum atomic E-state index is 12.8. The average Bonchev–Trinajstić information content (AvgIpc) is 2.62. The lowest BCUT2D eigenvalue weighted by Crippen LogP contribution is -2.16. The summed E-state index contributed by atoms with van der Waals surface area (Å²) < 4.78 is 38.3. The molecule has 2 aromatic carbocycles. The molecule has 26 heavy (non-hydrogen) atoms. The molecular weight excluding hydrogens is 343 g/mol. The molecule has 0 aliphatic rings. The fourth-order valence-corrected chi connectivity index (χ4v) is 2.50. The molecule has 2 N–H and O–H groups in total. The van der Waals surface area contributed by atoms with Crippen molar-refractivity contribution in [2.24, 2.45) is 5.73 Å². The van der Waals surface area contributed by atoms with Crippen molar-refractivity contribution in [1.82, 2.24) is 9.97 Å². The monoisotopic (exact) mass is 357 g/mol. The number of benzene rings is 2. The maximum absolute atomic E-state index is 12.8. The van der Waals surface area contributed by atoms with Gasteiger partial charge in [-0.3, -0.25) is 9.78 Å². The number of aromatic nitrogens is 2. The van der Waals surface area contributed by atoms with Gasteiger partial charge in [-0.25, -0.2) is 4.98 Å². The van der Waals surface area contributed by atoms with Crippen molar-refractivity contribution in [3.05, 3.63) is 72.1 Å². The number of carbonyl (C=O) groups is 1. The van der Waals surface area contributed by atoms with E-state index < -0.39 is 17.6 Å². The lowest BCUT2D eigenvalue weighted by atomic mass is 10.0. The molecule has 4 nitrogen and oxygen atoms in total. The lowest BCUT2D eigenvalue weighted by Gasteiger charge is -2.11. The molecule has 3 aromatic rings. The Hall–Kier alpha value is -3.22. The van der Waals surface area contributed by atoms with Crippen LogP contribution in [-0.2, 0) is 17.4 Å². The van der Waals surface area contributed by atoms with Crippen molar-refractivity contribution in [3.63, 3.8) is 0 Å². The van der Waals surface area contributed by atoms with Gasteiger partial charge in [-0.2, -0.15) is 13.2 Å². The molecule has 0 saturated carbocycles. The molecule has 7 heteroatoms. The number of alkyl halides is 3. The summed E-state index contributed by atoms with van der Waals surface area (Å²) in [7, 11) is 0. The van der Waals surface area contributed by atoms with Gasteiger partial charge in [-0.1, -0.05) is 42.5 Å². The second-order valence-electron chi connectivity index (χ2n) is 5.63. The summed E-state index contributed by atoms with van der Waals surface area (Å²) in [6, 6.07) is 13.8. The minimum Gasteiger partial charge on any atom is -0.369 e. The largest absolute Gasteiger partial charge is 0.416 e. The Bertz CT molecular complexity index is 923. The van der Waals surface area contributed by atoms with Crippen LogP contribution in [0.4, 0.5) is 13.2 Å². The maximum Gasteiger partial charge on any atom is 0.416 e. The van der Waals surface area contributed by atoms with Crippen LogP contribution in [0.3, 0.4) is 0 Å². The highest BCUT2D eigenvalue weighted by molar-refractivity contribution is 5.79.